The molecule has 7 heteroatoms. The molecule has 0 bridgehead atoms. The second-order valence-electron chi connectivity index (χ2n) is 5.79. The Morgan fingerprint density at radius 3 is 2.73 bits per heavy atom. The van der Waals surface area contributed by atoms with Crippen LogP contribution in [0, 0.1) is 0 Å². The summed E-state index contributed by atoms with van der Waals surface area (Å²) in [4.78, 5) is 24.7. The first-order chi connectivity index (χ1) is 12.6. The van der Waals surface area contributed by atoms with E-state index in [9.17, 15) is 9.59 Å². The number of nitrogens with zero attached hydrogens (tertiary/aromatic N) is 2. The minimum Gasteiger partial charge on any atom is -0.459 e. The number of nitrogens with one attached hydrogen (secondary N) is 1. The Bertz CT molecular complexity index is 1120. The Labute approximate surface area is 147 Å². The van der Waals surface area contributed by atoms with Gasteiger partial charge in [-0.15, -0.1) is 5.10 Å². The molecule has 26 heavy (non-hydrogen) atoms. The Kier molecular flexibility index (Phi) is 3.89. The lowest BCUT2D eigenvalue weighted by atomic mass is 10.1. The van der Waals surface area contributed by atoms with Crippen LogP contribution in [0.1, 0.15) is 13.0 Å². The Hall–Kier alpha value is -3.61. The third-order valence-corrected chi connectivity index (χ3v) is 4.10. The number of carbonyl (C=O) groups excluding carboxylic acids is 1. The number of hydrogen-bond acceptors (Lipinski definition) is 5. The number of benzene rings is 2. The van der Waals surface area contributed by atoms with E-state index in [-0.39, 0.29) is 11.8 Å². The predicted molar refractivity (Wildman–Crippen MR) is 95.8 cm³/mol. The van der Waals surface area contributed by atoms with Gasteiger partial charge in [-0.1, -0.05) is 36.4 Å². The fourth-order valence-electron chi connectivity index (χ4n) is 2.72. The molecule has 7 nitrogen and oxygen atoms in total. The molecule has 2 heterocycles. The van der Waals surface area contributed by atoms with Gasteiger partial charge in [0.1, 0.15) is 6.04 Å². The molecule has 1 unspecified atom stereocenters. The smallest absolute Gasteiger partial charge is 0.438 e. The average Bonchev–Trinajstić information content (AvgIpc) is 3.31. The average molecular weight is 349 g/mol. The topological polar surface area (TPSA) is 90.3 Å². The van der Waals surface area contributed by atoms with Crippen LogP contribution in [-0.2, 0) is 4.79 Å². The lowest BCUT2D eigenvalue weighted by Crippen LogP contribution is -2.30. The van der Waals surface area contributed by atoms with Crippen LogP contribution in [0.2, 0.25) is 0 Å². The maximum absolute atomic E-state index is 12.6. The normalized spacial score (nSPS) is 12.2. The lowest BCUT2D eigenvalue weighted by molar-refractivity contribution is -0.119. The van der Waals surface area contributed by atoms with Gasteiger partial charge in [0.2, 0.25) is 5.91 Å². The summed E-state index contributed by atoms with van der Waals surface area (Å²) in [5.74, 6) is -0.743. The van der Waals surface area contributed by atoms with Crippen molar-refractivity contribution in [1.29, 1.82) is 0 Å². The van der Waals surface area contributed by atoms with Crippen molar-refractivity contribution in [3.8, 4) is 11.7 Å². The van der Waals surface area contributed by atoms with Crippen LogP contribution in [0.5, 0.6) is 0 Å². The standard InChI is InChI=1S/C19H15N3O4/c1-12(22-19(24)26-18(21-22)16-10-5-11-25-16)17(23)20-15-9-4-7-13-6-2-3-8-14(13)15/h2-12H,1H3,(H,20,23). The van der Waals surface area contributed by atoms with Gasteiger partial charge in [-0.05, 0) is 30.5 Å². The highest BCUT2D eigenvalue weighted by Gasteiger charge is 2.22. The minimum absolute atomic E-state index is 0.0322. The third-order valence-electron chi connectivity index (χ3n) is 4.10. The first kappa shape index (κ1) is 15.9. The van der Waals surface area contributed by atoms with E-state index in [4.69, 9.17) is 8.83 Å². The zero-order valence-electron chi connectivity index (χ0n) is 13.9. The van der Waals surface area contributed by atoms with Crippen molar-refractivity contribution in [2.24, 2.45) is 0 Å². The SMILES string of the molecule is CC(C(=O)Nc1cccc2ccccc12)n1nc(-c2ccco2)oc1=O. The van der Waals surface area contributed by atoms with Crippen LogP contribution in [0.4, 0.5) is 5.69 Å². The zero-order valence-corrected chi connectivity index (χ0v) is 13.9. The van der Waals surface area contributed by atoms with Crippen molar-refractivity contribution in [1.82, 2.24) is 9.78 Å². The number of hydrogen-bond donors (Lipinski definition) is 1. The van der Waals surface area contributed by atoms with E-state index in [0.29, 0.717) is 11.4 Å². The van der Waals surface area contributed by atoms with Gasteiger partial charge >= 0.3 is 5.76 Å². The van der Waals surface area contributed by atoms with E-state index in [0.717, 1.165) is 15.5 Å². The molecule has 0 spiro atoms. The van der Waals surface area contributed by atoms with Crippen molar-refractivity contribution in [3.05, 3.63) is 71.4 Å². The van der Waals surface area contributed by atoms with Crippen LogP contribution in [0.3, 0.4) is 0 Å². The summed E-state index contributed by atoms with van der Waals surface area (Å²) in [5.41, 5.74) is 0.669. The fraction of sp³-hybridized carbons (Fsp3) is 0.105. The molecule has 0 aliphatic rings. The number of amides is 1. The summed E-state index contributed by atoms with van der Waals surface area (Å²) in [6, 6.07) is 15.8. The van der Waals surface area contributed by atoms with Crippen molar-refractivity contribution >= 4 is 22.4 Å². The number of aromatic nitrogens is 2. The Balaban J connectivity index is 1.61. The molecule has 0 radical (unpaired) electrons. The fourth-order valence-corrected chi connectivity index (χ4v) is 2.72. The van der Waals surface area contributed by atoms with Crippen LogP contribution >= 0.6 is 0 Å². The van der Waals surface area contributed by atoms with Gasteiger partial charge in [-0.2, -0.15) is 4.68 Å². The minimum atomic E-state index is -0.853. The largest absolute Gasteiger partial charge is 0.459 e. The first-order valence-electron chi connectivity index (χ1n) is 8.05. The monoisotopic (exact) mass is 349 g/mol. The Morgan fingerprint density at radius 1 is 1.12 bits per heavy atom. The van der Waals surface area contributed by atoms with E-state index in [1.807, 2.05) is 42.5 Å². The number of carbonyl (C=O) groups is 1. The molecular formula is C19H15N3O4. The van der Waals surface area contributed by atoms with E-state index >= 15 is 0 Å². The highest BCUT2D eigenvalue weighted by molar-refractivity contribution is 6.03. The number of fused-ring (bicyclic) bond motifs is 1. The van der Waals surface area contributed by atoms with Crippen LogP contribution in [0.25, 0.3) is 22.4 Å². The zero-order chi connectivity index (χ0) is 18.1. The van der Waals surface area contributed by atoms with E-state index in [2.05, 4.69) is 10.4 Å². The lowest BCUT2D eigenvalue weighted by Gasteiger charge is -2.12. The van der Waals surface area contributed by atoms with Crippen molar-refractivity contribution in [2.75, 3.05) is 5.32 Å². The van der Waals surface area contributed by atoms with Gasteiger partial charge in [0, 0.05) is 11.1 Å². The molecule has 2 aromatic carbocycles. The molecule has 0 aliphatic carbocycles. The molecule has 1 N–H and O–H groups in total. The summed E-state index contributed by atoms with van der Waals surface area (Å²) >= 11 is 0. The number of rotatable bonds is 4. The summed E-state index contributed by atoms with van der Waals surface area (Å²) in [6.07, 6.45) is 1.45. The van der Waals surface area contributed by atoms with Gasteiger partial charge < -0.3 is 14.2 Å². The third kappa shape index (κ3) is 2.79. The first-order valence-corrected chi connectivity index (χ1v) is 8.05. The van der Waals surface area contributed by atoms with Crippen molar-refractivity contribution < 1.29 is 13.6 Å². The molecule has 4 aromatic rings. The van der Waals surface area contributed by atoms with E-state index < -0.39 is 11.8 Å². The maximum Gasteiger partial charge on any atom is 0.438 e. The molecule has 1 amide bonds. The summed E-state index contributed by atoms with van der Waals surface area (Å²) in [5, 5.41) is 8.84. The van der Waals surface area contributed by atoms with Crippen molar-refractivity contribution in [2.45, 2.75) is 13.0 Å². The quantitative estimate of drug-likeness (QED) is 0.609. The van der Waals surface area contributed by atoms with Gasteiger partial charge in [0.25, 0.3) is 5.89 Å². The molecule has 0 saturated heterocycles. The summed E-state index contributed by atoms with van der Waals surface area (Å²) in [6.45, 7) is 1.58. The molecule has 0 fully saturated rings. The molecule has 0 saturated carbocycles. The van der Waals surface area contributed by atoms with Gasteiger partial charge in [-0.3, -0.25) is 4.79 Å². The molecular weight excluding hydrogens is 334 g/mol. The molecule has 1 atom stereocenters. The second-order valence-corrected chi connectivity index (χ2v) is 5.79. The molecule has 130 valence electrons. The second kappa shape index (κ2) is 6.36. The van der Waals surface area contributed by atoms with Crippen LogP contribution in [-0.4, -0.2) is 15.7 Å². The molecule has 0 aliphatic heterocycles. The van der Waals surface area contributed by atoms with E-state index in [1.54, 1.807) is 19.1 Å². The highest BCUT2D eigenvalue weighted by Crippen LogP contribution is 2.24. The van der Waals surface area contributed by atoms with Crippen LogP contribution < -0.4 is 11.1 Å². The van der Waals surface area contributed by atoms with Gasteiger partial charge in [0.15, 0.2) is 5.76 Å². The molecule has 2 aromatic heterocycles. The van der Waals surface area contributed by atoms with Crippen LogP contribution in [0.15, 0.2) is 74.5 Å². The maximum atomic E-state index is 12.6. The predicted octanol–water partition coefficient (Wildman–Crippen LogP) is 3.45. The number of furan rings is 1. The van der Waals surface area contributed by atoms with Gasteiger partial charge in [-0.25, -0.2) is 4.79 Å². The number of anilines is 1. The summed E-state index contributed by atoms with van der Waals surface area (Å²) in [7, 11) is 0. The highest BCUT2D eigenvalue weighted by atomic mass is 16.4. The summed E-state index contributed by atoms with van der Waals surface area (Å²) < 4.78 is 11.2. The van der Waals surface area contributed by atoms with Crippen molar-refractivity contribution in [3.63, 3.8) is 0 Å². The Morgan fingerprint density at radius 2 is 1.92 bits per heavy atom. The molecule has 4 rings (SSSR count). The van der Waals surface area contributed by atoms with E-state index in [1.165, 1.54) is 6.26 Å². The van der Waals surface area contributed by atoms with Gasteiger partial charge in [0.05, 0.1) is 6.26 Å².